The molecule has 0 fully saturated rings. The van der Waals surface area contributed by atoms with Crippen molar-refractivity contribution in [2.24, 2.45) is 5.14 Å². The van der Waals surface area contributed by atoms with E-state index in [4.69, 9.17) is 21.5 Å². The van der Waals surface area contributed by atoms with Gasteiger partial charge in [0.2, 0.25) is 15.8 Å². The number of primary sulfonamides is 1. The third-order valence-corrected chi connectivity index (χ3v) is 2.79. The van der Waals surface area contributed by atoms with E-state index in [1.165, 1.54) is 18.2 Å². The van der Waals surface area contributed by atoms with Crippen LogP contribution in [-0.2, 0) is 10.0 Å². The van der Waals surface area contributed by atoms with Crippen LogP contribution in [-0.4, -0.2) is 25.7 Å². The molecule has 0 amide bonds. The molecule has 0 aliphatic carbocycles. The maximum absolute atomic E-state index is 10.7. The summed E-state index contributed by atoms with van der Waals surface area (Å²) in [7, 11) is -3.68. The Kier molecular flexibility index (Phi) is 4.27. The summed E-state index contributed by atoms with van der Waals surface area (Å²) < 4.78 is 26.3. The van der Waals surface area contributed by atoms with Crippen molar-refractivity contribution >= 4 is 27.3 Å². The lowest BCUT2D eigenvalue weighted by Gasteiger charge is -2.07. The standard InChI is InChI=1S/C8H9ClN2O5S/c9-6-2-1-3-7(11(12)13)8(6)16-4-5-17(10,14)15/h1-3H,4-5H2,(H2,10,14,15). The predicted molar refractivity (Wildman–Crippen MR) is 61.6 cm³/mol. The van der Waals surface area contributed by atoms with Crippen molar-refractivity contribution in [2.75, 3.05) is 12.4 Å². The Bertz CT molecular complexity index is 531. The molecule has 0 saturated heterocycles. The highest BCUT2D eigenvalue weighted by Gasteiger charge is 2.18. The molecule has 0 spiro atoms. The first-order valence-electron chi connectivity index (χ1n) is 4.37. The van der Waals surface area contributed by atoms with Crippen LogP contribution in [0.2, 0.25) is 5.02 Å². The number of hydrogen-bond acceptors (Lipinski definition) is 5. The molecule has 0 radical (unpaired) electrons. The Balaban J connectivity index is 2.86. The zero-order chi connectivity index (χ0) is 13.1. The summed E-state index contributed by atoms with van der Waals surface area (Å²) in [5, 5.41) is 15.5. The molecule has 17 heavy (non-hydrogen) atoms. The maximum Gasteiger partial charge on any atom is 0.312 e. The molecule has 0 heterocycles. The van der Waals surface area contributed by atoms with Crippen molar-refractivity contribution in [2.45, 2.75) is 0 Å². The zero-order valence-corrected chi connectivity index (χ0v) is 10.1. The van der Waals surface area contributed by atoms with Gasteiger partial charge in [0.25, 0.3) is 0 Å². The van der Waals surface area contributed by atoms with Gasteiger partial charge in [-0.15, -0.1) is 0 Å². The minimum Gasteiger partial charge on any atom is -0.485 e. The van der Waals surface area contributed by atoms with Gasteiger partial charge in [0.05, 0.1) is 15.7 Å². The van der Waals surface area contributed by atoms with Crippen molar-refractivity contribution in [1.29, 1.82) is 0 Å². The molecule has 0 aromatic heterocycles. The van der Waals surface area contributed by atoms with Gasteiger partial charge >= 0.3 is 5.69 Å². The van der Waals surface area contributed by atoms with E-state index in [0.717, 1.165) is 0 Å². The normalized spacial score (nSPS) is 11.2. The van der Waals surface area contributed by atoms with E-state index < -0.39 is 20.7 Å². The van der Waals surface area contributed by atoms with E-state index in [1.807, 2.05) is 0 Å². The van der Waals surface area contributed by atoms with Gasteiger partial charge in [-0.2, -0.15) is 0 Å². The summed E-state index contributed by atoms with van der Waals surface area (Å²) in [6.45, 7) is -0.302. The number of rotatable bonds is 5. The molecule has 0 atom stereocenters. The molecule has 2 N–H and O–H groups in total. The highest BCUT2D eigenvalue weighted by molar-refractivity contribution is 7.89. The second-order valence-electron chi connectivity index (χ2n) is 3.06. The number of nitrogens with two attached hydrogens (primary N) is 1. The Labute approximate surface area is 102 Å². The van der Waals surface area contributed by atoms with Crippen LogP contribution in [0.5, 0.6) is 5.75 Å². The van der Waals surface area contributed by atoms with Crippen molar-refractivity contribution in [1.82, 2.24) is 0 Å². The molecular weight excluding hydrogens is 272 g/mol. The number of benzene rings is 1. The Morgan fingerprint density at radius 2 is 2.12 bits per heavy atom. The number of nitrogens with zero attached hydrogens (tertiary/aromatic N) is 1. The van der Waals surface area contributed by atoms with E-state index in [0.29, 0.717) is 0 Å². The predicted octanol–water partition coefficient (Wildman–Crippen LogP) is 0.916. The van der Waals surface area contributed by atoms with E-state index in [1.54, 1.807) is 0 Å². The van der Waals surface area contributed by atoms with Crippen molar-refractivity contribution < 1.29 is 18.1 Å². The van der Waals surface area contributed by atoms with Gasteiger partial charge in [-0.1, -0.05) is 17.7 Å². The zero-order valence-electron chi connectivity index (χ0n) is 8.50. The summed E-state index contributed by atoms with van der Waals surface area (Å²) in [4.78, 5) is 9.99. The average molecular weight is 281 g/mol. The number of para-hydroxylation sites is 1. The molecule has 0 bridgehead atoms. The largest absolute Gasteiger partial charge is 0.485 e. The van der Waals surface area contributed by atoms with Crippen LogP contribution >= 0.6 is 11.6 Å². The number of nitro groups is 1. The smallest absolute Gasteiger partial charge is 0.312 e. The fourth-order valence-corrected chi connectivity index (χ4v) is 1.58. The number of nitro benzene ring substituents is 1. The fraction of sp³-hybridized carbons (Fsp3) is 0.250. The highest BCUT2D eigenvalue weighted by atomic mass is 35.5. The van der Waals surface area contributed by atoms with Crippen LogP contribution in [0.15, 0.2) is 18.2 Å². The van der Waals surface area contributed by atoms with Gasteiger partial charge in [-0.05, 0) is 6.07 Å². The Morgan fingerprint density at radius 1 is 1.47 bits per heavy atom. The number of halogens is 1. The van der Waals surface area contributed by atoms with Gasteiger partial charge in [-0.3, -0.25) is 10.1 Å². The van der Waals surface area contributed by atoms with Gasteiger partial charge in [-0.25, -0.2) is 13.6 Å². The molecule has 0 aliphatic rings. The van der Waals surface area contributed by atoms with Crippen LogP contribution in [0.25, 0.3) is 0 Å². The second-order valence-corrected chi connectivity index (χ2v) is 5.20. The lowest BCUT2D eigenvalue weighted by atomic mass is 10.3. The minimum absolute atomic E-state index is 0.0358. The van der Waals surface area contributed by atoms with Crippen molar-refractivity contribution in [3.05, 3.63) is 33.3 Å². The summed E-state index contributed by atoms with van der Waals surface area (Å²) in [5.74, 6) is -0.613. The van der Waals surface area contributed by atoms with Gasteiger partial charge in [0.15, 0.2) is 0 Å². The molecule has 1 aromatic carbocycles. The Morgan fingerprint density at radius 3 is 2.65 bits per heavy atom. The maximum atomic E-state index is 10.7. The van der Waals surface area contributed by atoms with Gasteiger partial charge in [0, 0.05) is 6.07 Å². The first-order chi connectivity index (χ1) is 7.81. The summed E-state index contributed by atoms with van der Waals surface area (Å²) in [6.07, 6.45) is 0. The van der Waals surface area contributed by atoms with Crippen LogP contribution in [0.3, 0.4) is 0 Å². The van der Waals surface area contributed by atoms with Crippen molar-refractivity contribution in [3.63, 3.8) is 0 Å². The van der Waals surface area contributed by atoms with Crippen LogP contribution in [0.4, 0.5) is 5.69 Å². The third-order valence-electron chi connectivity index (χ3n) is 1.76. The molecule has 9 heteroatoms. The molecule has 0 aliphatic heterocycles. The minimum atomic E-state index is -3.68. The van der Waals surface area contributed by atoms with Crippen LogP contribution in [0, 0.1) is 10.1 Å². The van der Waals surface area contributed by atoms with Gasteiger partial charge < -0.3 is 4.74 Å². The molecule has 0 saturated carbocycles. The van der Waals surface area contributed by atoms with E-state index >= 15 is 0 Å². The second kappa shape index (κ2) is 5.30. The first-order valence-corrected chi connectivity index (χ1v) is 6.47. The molecule has 1 aromatic rings. The Hall–Kier alpha value is -1.38. The lowest BCUT2D eigenvalue weighted by Crippen LogP contribution is -2.21. The average Bonchev–Trinajstić information content (AvgIpc) is 2.18. The monoisotopic (exact) mass is 280 g/mol. The molecular formula is C8H9ClN2O5S. The molecule has 7 nitrogen and oxygen atoms in total. The van der Waals surface area contributed by atoms with E-state index in [2.05, 4.69) is 0 Å². The topological polar surface area (TPSA) is 113 Å². The quantitative estimate of drug-likeness (QED) is 0.636. The number of ether oxygens (including phenoxy) is 1. The van der Waals surface area contributed by atoms with Crippen LogP contribution < -0.4 is 9.88 Å². The highest BCUT2D eigenvalue weighted by Crippen LogP contribution is 2.34. The van der Waals surface area contributed by atoms with Crippen LogP contribution in [0.1, 0.15) is 0 Å². The number of hydrogen-bond donors (Lipinski definition) is 1. The fourth-order valence-electron chi connectivity index (χ4n) is 1.04. The van der Waals surface area contributed by atoms with E-state index in [9.17, 15) is 18.5 Å². The summed E-state index contributed by atoms with van der Waals surface area (Å²) in [5.41, 5.74) is -0.327. The van der Waals surface area contributed by atoms with E-state index in [-0.39, 0.29) is 23.1 Å². The molecule has 94 valence electrons. The number of sulfonamides is 1. The SMILES string of the molecule is NS(=O)(=O)CCOc1c(Cl)cccc1[N+](=O)[O-]. The third kappa shape index (κ3) is 4.17. The summed E-state index contributed by atoms with van der Waals surface area (Å²) >= 11 is 5.71. The van der Waals surface area contributed by atoms with Gasteiger partial charge in [0.1, 0.15) is 6.61 Å². The molecule has 1 rings (SSSR count). The van der Waals surface area contributed by atoms with Crippen molar-refractivity contribution in [3.8, 4) is 5.75 Å². The molecule has 0 unspecified atom stereocenters. The first kappa shape index (κ1) is 13.7. The summed E-state index contributed by atoms with van der Waals surface area (Å²) in [6, 6.07) is 4.01. The lowest BCUT2D eigenvalue weighted by molar-refractivity contribution is -0.385.